The number of phenolic OH excluding ortho intramolecular Hbond substituents is 2. The first kappa shape index (κ1) is 57.7. The summed E-state index contributed by atoms with van der Waals surface area (Å²) in [7, 11) is 5.88. The predicted molar refractivity (Wildman–Crippen MR) is 304 cm³/mol. The smallest absolute Gasteiger partial charge is 0.200 e. The zero-order valence-electron chi connectivity index (χ0n) is 45.4. The van der Waals surface area contributed by atoms with Crippen LogP contribution in [0, 0.1) is 46.8 Å². The number of phenols is 2. The van der Waals surface area contributed by atoms with Crippen LogP contribution in [-0.2, 0) is 17.6 Å². The highest BCUT2D eigenvalue weighted by Crippen LogP contribution is 2.57. The molecule has 13 nitrogen and oxygen atoms in total. The van der Waals surface area contributed by atoms with Crippen LogP contribution in [0.25, 0.3) is 10.9 Å². The van der Waals surface area contributed by atoms with Crippen LogP contribution >= 0.6 is 21.6 Å². The maximum Gasteiger partial charge on any atom is 0.200 e. The summed E-state index contributed by atoms with van der Waals surface area (Å²) in [5.41, 5.74) is 4.09. The largest absolute Gasteiger partial charge is 0.504 e. The van der Waals surface area contributed by atoms with Gasteiger partial charge in [-0.05, 0) is 185 Å². The van der Waals surface area contributed by atoms with Gasteiger partial charge in [-0.2, -0.15) is 0 Å². The van der Waals surface area contributed by atoms with Gasteiger partial charge in [-0.3, -0.25) is 4.98 Å². The van der Waals surface area contributed by atoms with Gasteiger partial charge in [0.25, 0.3) is 0 Å². The first-order chi connectivity index (χ1) is 37.3. The van der Waals surface area contributed by atoms with E-state index in [9.17, 15) is 35.7 Å². The van der Waals surface area contributed by atoms with Crippen LogP contribution in [0.5, 0.6) is 28.7 Å². The lowest BCUT2D eigenvalue weighted by atomic mass is 9.51. The maximum absolute atomic E-state index is 12.1. The zero-order valence-corrected chi connectivity index (χ0v) is 47.0. The minimum Gasteiger partial charge on any atom is -0.504 e. The molecule has 12 unspecified atom stereocenters. The zero-order chi connectivity index (χ0) is 54.1. The number of hydrogen-bond donors (Lipinski definition) is 8. The molecule has 3 saturated carbocycles. The second kappa shape index (κ2) is 26.5. The summed E-state index contributed by atoms with van der Waals surface area (Å²) < 4.78 is 23.8. The maximum atomic E-state index is 12.1. The summed E-state index contributed by atoms with van der Waals surface area (Å²) >= 11 is 0. The normalized spacial score (nSPS) is 30.4. The highest BCUT2D eigenvalue weighted by atomic mass is 33.1. The van der Waals surface area contributed by atoms with Crippen molar-refractivity contribution >= 4 is 32.5 Å². The van der Waals surface area contributed by atoms with Gasteiger partial charge in [0.1, 0.15) is 6.79 Å². The van der Waals surface area contributed by atoms with E-state index in [-0.39, 0.29) is 76.4 Å². The van der Waals surface area contributed by atoms with Crippen LogP contribution in [0.2, 0.25) is 0 Å². The Hall–Kier alpha value is -3.95. The predicted octanol–water partition coefficient (Wildman–Crippen LogP) is 10.5. The minimum absolute atomic E-state index is 0.0367. The number of pyridine rings is 1. The summed E-state index contributed by atoms with van der Waals surface area (Å²) in [6, 6.07) is 17.2. The summed E-state index contributed by atoms with van der Waals surface area (Å²) in [5, 5.41) is 83.8. The number of rotatable bonds is 14. The molecule has 8 N–H and O–H groups in total. The number of aliphatic hydroxyl groups is 5. The Balaban J connectivity index is 0.987. The average Bonchev–Trinajstić information content (AvgIpc) is 3.56. The first-order valence-electron chi connectivity index (χ1n) is 28.6. The van der Waals surface area contributed by atoms with Crippen molar-refractivity contribution in [1.29, 1.82) is 0 Å². The number of methoxy groups -OCH3 is 2. The second-order valence-corrected chi connectivity index (χ2v) is 25.9. The van der Waals surface area contributed by atoms with E-state index < -0.39 is 37.1 Å². The van der Waals surface area contributed by atoms with Crippen LogP contribution in [-0.4, -0.2) is 111 Å². The third kappa shape index (κ3) is 13.6. The number of nitrogens with zero attached hydrogens (tertiary/aromatic N) is 1. The third-order valence-corrected chi connectivity index (χ3v) is 21.2. The number of aliphatic hydroxyl groups excluding tert-OH is 5. The monoisotopic (exact) mass is 1100 g/mol. The number of nitrogens with one attached hydrogen (secondary N) is 1. The van der Waals surface area contributed by atoms with Gasteiger partial charge in [0.15, 0.2) is 23.0 Å². The molecule has 3 heterocycles. The highest BCUT2D eigenvalue weighted by Gasteiger charge is 2.53. The van der Waals surface area contributed by atoms with Crippen molar-refractivity contribution in [1.82, 2.24) is 10.3 Å². The lowest BCUT2D eigenvalue weighted by Gasteiger charge is -2.53. The Kier molecular flexibility index (Phi) is 19.9. The van der Waals surface area contributed by atoms with Crippen molar-refractivity contribution in [2.45, 2.75) is 170 Å². The van der Waals surface area contributed by atoms with Crippen molar-refractivity contribution in [3.63, 3.8) is 0 Å². The van der Waals surface area contributed by atoms with Crippen LogP contribution in [0.1, 0.15) is 150 Å². The Bertz CT molecular complexity index is 2620. The van der Waals surface area contributed by atoms with Crippen molar-refractivity contribution in [2.24, 2.45) is 35.0 Å². The van der Waals surface area contributed by atoms with Crippen molar-refractivity contribution in [2.75, 3.05) is 39.9 Å². The molecule has 0 saturated heterocycles. The number of benzene rings is 3. The molecule has 3 aliphatic carbocycles. The minimum atomic E-state index is -1.03. The molecule has 3 aromatic carbocycles. The van der Waals surface area contributed by atoms with Gasteiger partial charge in [0.05, 0.1) is 50.3 Å². The molecule has 15 heteroatoms. The van der Waals surface area contributed by atoms with Crippen LogP contribution in [0.3, 0.4) is 0 Å². The van der Waals surface area contributed by atoms with Crippen LogP contribution < -0.4 is 19.5 Å². The van der Waals surface area contributed by atoms with Crippen molar-refractivity contribution in [3.05, 3.63) is 83.0 Å². The van der Waals surface area contributed by atoms with Crippen LogP contribution in [0.15, 0.2) is 60.8 Å². The van der Waals surface area contributed by atoms with Gasteiger partial charge in [-0.1, -0.05) is 72.2 Å². The molecular formula is C62H84N2O11S2. The molecular weight excluding hydrogens is 1010 g/mol. The fraction of sp³-hybridized carbons (Fsp3) is 0.629. The molecule has 9 rings (SSSR count). The van der Waals surface area contributed by atoms with Crippen molar-refractivity contribution in [3.8, 4) is 40.6 Å². The number of aryl methyl sites for hydroxylation is 1. The number of ether oxygens (including phenoxy) is 4. The number of aromatic hydroxyl groups is 2. The molecule has 12 atom stereocenters. The molecule has 420 valence electrons. The Morgan fingerprint density at radius 3 is 2.44 bits per heavy atom. The lowest BCUT2D eigenvalue weighted by Crippen LogP contribution is -2.53. The van der Waals surface area contributed by atoms with Gasteiger partial charge in [-0.15, -0.1) is 5.92 Å². The van der Waals surface area contributed by atoms with Crippen LogP contribution in [0.4, 0.5) is 0 Å². The van der Waals surface area contributed by atoms with Crippen molar-refractivity contribution < 1.29 is 54.7 Å². The highest BCUT2D eigenvalue weighted by molar-refractivity contribution is 8.76. The number of hydrogen-bond acceptors (Lipinski definition) is 15. The molecule has 2 aliphatic heterocycles. The molecule has 77 heavy (non-hydrogen) atoms. The lowest BCUT2D eigenvalue weighted by molar-refractivity contribution is -0.0808. The molecule has 0 bridgehead atoms. The number of aromatic nitrogens is 1. The summed E-state index contributed by atoms with van der Waals surface area (Å²) in [4.78, 5) is 4.51. The first-order valence-corrected chi connectivity index (χ1v) is 30.9. The van der Waals surface area contributed by atoms with E-state index in [0.29, 0.717) is 54.7 Å². The molecule has 0 amide bonds. The topological polar surface area (TPSA) is 203 Å². The molecule has 1 aromatic heterocycles. The Morgan fingerprint density at radius 2 is 1.68 bits per heavy atom. The molecule has 4 aromatic rings. The van der Waals surface area contributed by atoms with E-state index in [1.807, 2.05) is 24.3 Å². The standard InChI is InChI=1S/C62H84N2O11S2/c1-39-10-14-45(15-19-52(67)43-13-18-51-42(30-43)9-7-25-63-51)62(35-39)24-8-23-61(21-5-4-6-22-61)64-36-44-12-17-47(32-50(44)62)75-56-31-41-11-16-46(74-38-66)33-53(68)49(27-40-28-57(72-2)60(71)58(29-40)73-3)55(70)37-76-77-59(20-26-65)48(41)34-54(56)69/h7,9,13,18,25,28-31,34,39,44-47,49-50,52-53,55,59,64-71H,4-6,10-12,14-17,19-23,26-27,32-33,35-38H2,1-3H3. The van der Waals surface area contributed by atoms with Gasteiger partial charge in [0, 0.05) is 52.5 Å². The van der Waals surface area contributed by atoms with Gasteiger partial charge < -0.3 is 60.0 Å². The van der Waals surface area contributed by atoms with E-state index >= 15 is 0 Å². The van der Waals surface area contributed by atoms with Gasteiger partial charge in [-0.25, -0.2) is 0 Å². The SMILES string of the molecule is COc1cc(CC2C(O)CSSC(CCO)c3cc(O)c(OC4CCC5CNC6(CC#CC7(CC(C)CCC7CCC(O)c7ccc8ncccc8c7)C5C4)CCCCC6)cc3CCC(OCO)CC2O)cc(OC)c1O. The van der Waals surface area contributed by atoms with E-state index in [1.54, 1.807) is 24.4 Å². The Labute approximate surface area is 464 Å². The quantitative estimate of drug-likeness (QED) is 0.0336. The second-order valence-electron chi connectivity index (χ2n) is 23.2. The molecule has 0 radical (unpaired) electrons. The van der Waals surface area contributed by atoms with E-state index in [0.717, 1.165) is 98.3 Å². The fourth-order valence-electron chi connectivity index (χ4n) is 14.2. The third-order valence-electron chi connectivity index (χ3n) is 18.4. The van der Waals surface area contributed by atoms with E-state index in [2.05, 4.69) is 41.2 Å². The van der Waals surface area contributed by atoms with E-state index in [4.69, 9.17) is 18.9 Å². The Morgan fingerprint density at radius 1 is 0.870 bits per heavy atom. The summed E-state index contributed by atoms with van der Waals surface area (Å²) in [6.45, 7) is 2.69. The van der Waals surface area contributed by atoms with Gasteiger partial charge in [0.2, 0.25) is 5.75 Å². The molecule has 2 spiro atoms. The van der Waals surface area contributed by atoms with E-state index in [1.165, 1.54) is 55.1 Å². The number of fused-ring (bicyclic) bond motifs is 4. The summed E-state index contributed by atoms with van der Waals surface area (Å²) in [6.07, 6.45) is 14.3. The fourth-order valence-corrected chi connectivity index (χ4v) is 17.1. The molecule has 3 fully saturated rings. The molecule has 5 aliphatic rings. The average molecular weight is 1100 g/mol. The van der Waals surface area contributed by atoms with Gasteiger partial charge >= 0.3 is 0 Å². The summed E-state index contributed by atoms with van der Waals surface area (Å²) in [5.74, 6) is 9.83.